The lowest BCUT2D eigenvalue weighted by Gasteiger charge is -2.12. The zero-order chi connectivity index (χ0) is 14.1. The first kappa shape index (κ1) is 12.8. The maximum Gasteiger partial charge on any atom is 0.218 e. The normalized spacial score (nSPS) is 12.6. The summed E-state index contributed by atoms with van der Waals surface area (Å²) < 4.78 is 1.74. The van der Waals surface area contributed by atoms with Crippen LogP contribution in [-0.4, -0.2) is 29.9 Å². The molecule has 0 aliphatic carbocycles. The molecule has 0 amide bonds. The summed E-state index contributed by atoms with van der Waals surface area (Å²) in [4.78, 5) is 8.59. The molecule has 0 aliphatic heterocycles. The smallest absolute Gasteiger partial charge is 0.218 e. The maximum absolute atomic E-state index is 6.24. The Morgan fingerprint density at radius 1 is 1.30 bits per heavy atom. The number of aromatic nitrogens is 6. The third-order valence-corrected chi connectivity index (χ3v) is 3.53. The van der Waals surface area contributed by atoms with Gasteiger partial charge in [0.25, 0.3) is 0 Å². The molecule has 0 aliphatic rings. The van der Waals surface area contributed by atoms with E-state index in [0.29, 0.717) is 11.6 Å². The van der Waals surface area contributed by atoms with E-state index in [9.17, 15) is 0 Å². The van der Waals surface area contributed by atoms with Crippen LogP contribution in [0.25, 0.3) is 11.6 Å². The van der Waals surface area contributed by atoms with Crippen LogP contribution in [0.5, 0.6) is 0 Å². The van der Waals surface area contributed by atoms with Crippen LogP contribution in [0.15, 0.2) is 30.6 Å². The fourth-order valence-corrected chi connectivity index (χ4v) is 2.45. The Balaban J connectivity index is 2.01. The Hall–Kier alpha value is -2.21. The van der Waals surface area contributed by atoms with E-state index in [1.165, 1.54) is 6.33 Å². The van der Waals surface area contributed by atoms with E-state index in [0.717, 1.165) is 16.4 Å². The average molecular weight is 289 g/mol. The Morgan fingerprint density at radius 3 is 2.80 bits per heavy atom. The number of rotatable bonds is 3. The molecule has 0 bridgehead atoms. The van der Waals surface area contributed by atoms with Gasteiger partial charge in [-0.25, -0.2) is 9.97 Å². The van der Waals surface area contributed by atoms with Crippen molar-refractivity contribution < 1.29 is 0 Å². The number of benzene rings is 1. The molecule has 1 N–H and O–H groups in total. The molecule has 1 aromatic carbocycles. The highest BCUT2D eigenvalue weighted by atomic mass is 35.5. The lowest BCUT2D eigenvalue weighted by Crippen LogP contribution is -2.06. The average Bonchev–Trinajstić information content (AvgIpc) is 3.07. The quantitative estimate of drug-likeness (QED) is 0.803. The summed E-state index contributed by atoms with van der Waals surface area (Å²) in [6.45, 7) is 2.05. The number of hydrogen-bond acceptors (Lipinski definition) is 4. The summed E-state index contributed by atoms with van der Waals surface area (Å²) in [5, 5.41) is 11.7. The fraction of sp³-hybridized carbons (Fsp3) is 0.231. The van der Waals surface area contributed by atoms with Gasteiger partial charge in [0.2, 0.25) is 5.82 Å². The van der Waals surface area contributed by atoms with Gasteiger partial charge in [-0.1, -0.05) is 36.7 Å². The minimum absolute atomic E-state index is 0.0397. The monoisotopic (exact) mass is 288 g/mol. The van der Waals surface area contributed by atoms with Gasteiger partial charge in [0.1, 0.15) is 12.2 Å². The number of H-pyrrole nitrogens is 1. The highest BCUT2D eigenvalue weighted by Crippen LogP contribution is 2.29. The van der Waals surface area contributed by atoms with Crippen molar-refractivity contribution in [2.24, 2.45) is 7.05 Å². The van der Waals surface area contributed by atoms with Crippen molar-refractivity contribution in [1.82, 2.24) is 29.9 Å². The van der Waals surface area contributed by atoms with E-state index in [4.69, 9.17) is 11.6 Å². The molecule has 1 unspecified atom stereocenters. The molecule has 0 radical (unpaired) electrons. The molecule has 102 valence electrons. The summed E-state index contributed by atoms with van der Waals surface area (Å²) >= 11 is 6.24. The lowest BCUT2D eigenvalue weighted by atomic mass is 10.0. The number of aryl methyl sites for hydroxylation is 1. The molecule has 0 fully saturated rings. The predicted octanol–water partition coefficient (Wildman–Crippen LogP) is 2.41. The van der Waals surface area contributed by atoms with E-state index >= 15 is 0 Å². The Bertz CT molecular complexity index is 718. The van der Waals surface area contributed by atoms with Crippen LogP contribution in [0.3, 0.4) is 0 Å². The highest BCUT2D eigenvalue weighted by molar-refractivity contribution is 6.31. The molecule has 3 aromatic rings. The van der Waals surface area contributed by atoms with Crippen LogP contribution in [0.2, 0.25) is 5.02 Å². The van der Waals surface area contributed by atoms with Gasteiger partial charge in [0, 0.05) is 18.0 Å². The SMILES string of the molecule is CC(c1ccccc1Cl)c1nc(-c2ncn[nH]2)nn1C. The maximum atomic E-state index is 6.24. The van der Waals surface area contributed by atoms with Crippen LogP contribution in [-0.2, 0) is 7.05 Å². The van der Waals surface area contributed by atoms with Gasteiger partial charge in [-0.3, -0.25) is 9.78 Å². The van der Waals surface area contributed by atoms with Gasteiger partial charge in [-0.15, -0.1) is 5.10 Å². The minimum atomic E-state index is 0.0397. The van der Waals surface area contributed by atoms with Gasteiger partial charge in [-0.05, 0) is 11.6 Å². The molecule has 2 aromatic heterocycles. The van der Waals surface area contributed by atoms with Crippen LogP contribution >= 0.6 is 11.6 Å². The number of halogens is 1. The highest BCUT2D eigenvalue weighted by Gasteiger charge is 2.19. The molecular formula is C13H13ClN6. The van der Waals surface area contributed by atoms with Crippen molar-refractivity contribution >= 4 is 11.6 Å². The number of nitrogens with zero attached hydrogens (tertiary/aromatic N) is 5. The Labute approximate surface area is 120 Å². The van der Waals surface area contributed by atoms with Crippen LogP contribution in [0.1, 0.15) is 24.2 Å². The molecule has 3 rings (SSSR count). The second-order valence-corrected chi connectivity index (χ2v) is 4.90. The van der Waals surface area contributed by atoms with Crippen molar-refractivity contribution in [3.8, 4) is 11.6 Å². The zero-order valence-corrected chi connectivity index (χ0v) is 11.8. The van der Waals surface area contributed by atoms with E-state index in [2.05, 4.69) is 32.2 Å². The van der Waals surface area contributed by atoms with Gasteiger partial charge >= 0.3 is 0 Å². The first-order valence-electron chi connectivity index (χ1n) is 6.18. The summed E-state index contributed by atoms with van der Waals surface area (Å²) in [7, 11) is 1.86. The predicted molar refractivity (Wildman–Crippen MR) is 75.3 cm³/mol. The number of nitrogens with one attached hydrogen (secondary N) is 1. The van der Waals surface area contributed by atoms with E-state index in [1.54, 1.807) is 4.68 Å². The molecule has 0 spiro atoms. The summed E-state index contributed by atoms with van der Waals surface area (Å²) in [6.07, 6.45) is 1.43. The van der Waals surface area contributed by atoms with Crippen LogP contribution < -0.4 is 0 Å². The van der Waals surface area contributed by atoms with Gasteiger partial charge in [-0.2, -0.15) is 5.10 Å². The third-order valence-electron chi connectivity index (χ3n) is 3.18. The molecule has 0 saturated carbocycles. The van der Waals surface area contributed by atoms with Crippen LogP contribution in [0, 0.1) is 0 Å². The first-order valence-corrected chi connectivity index (χ1v) is 6.55. The Kier molecular flexibility index (Phi) is 3.23. The molecule has 2 heterocycles. The van der Waals surface area contributed by atoms with Gasteiger partial charge in [0.15, 0.2) is 5.82 Å². The molecule has 7 heteroatoms. The molecule has 20 heavy (non-hydrogen) atoms. The van der Waals surface area contributed by atoms with Crippen molar-refractivity contribution in [2.75, 3.05) is 0 Å². The summed E-state index contributed by atoms with van der Waals surface area (Å²) in [5.41, 5.74) is 1.02. The van der Waals surface area contributed by atoms with E-state index in [-0.39, 0.29) is 5.92 Å². The van der Waals surface area contributed by atoms with E-state index < -0.39 is 0 Å². The lowest BCUT2D eigenvalue weighted by molar-refractivity contribution is 0.673. The standard InChI is InChI=1S/C13H13ClN6/c1-8(9-5-3-4-6-10(9)14)13-17-12(19-20(13)2)11-15-7-16-18-11/h3-8H,1-2H3,(H,15,16,18). The molecule has 0 saturated heterocycles. The third kappa shape index (κ3) is 2.18. The summed E-state index contributed by atoms with van der Waals surface area (Å²) in [5.74, 6) is 1.94. The largest absolute Gasteiger partial charge is 0.257 e. The van der Waals surface area contributed by atoms with Gasteiger partial charge < -0.3 is 0 Å². The van der Waals surface area contributed by atoms with Crippen molar-refractivity contribution in [2.45, 2.75) is 12.8 Å². The Morgan fingerprint density at radius 2 is 2.10 bits per heavy atom. The summed E-state index contributed by atoms with van der Waals surface area (Å²) in [6, 6.07) is 7.75. The topological polar surface area (TPSA) is 72.3 Å². The molecule has 6 nitrogen and oxygen atoms in total. The van der Waals surface area contributed by atoms with Crippen LogP contribution in [0.4, 0.5) is 0 Å². The molecule has 1 atom stereocenters. The second-order valence-electron chi connectivity index (χ2n) is 4.49. The minimum Gasteiger partial charge on any atom is -0.257 e. The second kappa shape index (κ2) is 5.05. The molecular weight excluding hydrogens is 276 g/mol. The van der Waals surface area contributed by atoms with Gasteiger partial charge in [0.05, 0.1) is 0 Å². The van der Waals surface area contributed by atoms with Crippen molar-refractivity contribution in [3.05, 3.63) is 47.0 Å². The van der Waals surface area contributed by atoms with Crippen molar-refractivity contribution in [3.63, 3.8) is 0 Å². The zero-order valence-electron chi connectivity index (χ0n) is 11.1. The van der Waals surface area contributed by atoms with Crippen molar-refractivity contribution in [1.29, 1.82) is 0 Å². The first-order chi connectivity index (χ1) is 9.66. The van der Waals surface area contributed by atoms with E-state index in [1.807, 2.05) is 31.3 Å². The fourth-order valence-electron chi connectivity index (χ4n) is 2.15. The number of aromatic amines is 1. The number of hydrogen-bond donors (Lipinski definition) is 1.